The van der Waals surface area contributed by atoms with E-state index in [4.69, 9.17) is 9.47 Å². The quantitative estimate of drug-likeness (QED) is 0.543. The predicted molar refractivity (Wildman–Crippen MR) is 107 cm³/mol. The van der Waals surface area contributed by atoms with E-state index in [2.05, 4.69) is 4.90 Å². The Bertz CT molecular complexity index is 702. The molecule has 1 aliphatic carbocycles. The van der Waals surface area contributed by atoms with E-state index in [0.717, 1.165) is 37.1 Å². The maximum absolute atomic E-state index is 12.5. The first kappa shape index (κ1) is 18.5. The van der Waals surface area contributed by atoms with Crippen LogP contribution in [0.15, 0.2) is 23.8 Å². The van der Waals surface area contributed by atoms with Gasteiger partial charge in [-0.25, -0.2) is 0 Å². The molecule has 4 nitrogen and oxygen atoms in total. The van der Waals surface area contributed by atoms with Crippen LogP contribution in [0.2, 0.25) is 0 Å². The van der Waals surface area contributed by atoms with E-state index in [-0.39, 0.29) is 5.97 Å². The van der Waals surface area contributed by atoms with Gasteiger partial charge in [0, 0.05) is 6.42 Å². The molecular weight excluding hydrogens is 338 g/mol. The summed E-state index contributed by atoms with van der Waals surface area (Å²) in [7, 11) is 0. The number of fused-ring (bicyclic) bond motifs is 2. The average Bonchev–Trinajstić information content (AvgIpc) is 2.97. The van der Waals surface area contributed by atoms with E-state index >= 15 is 0 Å². The zero-order valence-corrected chi connectivity index (χ0v) is 16.3. The monoisotopic (exact) mass is 369 g/mol. The molecule has 0 aromatic heterocycles. The zero-order chi connectivity index (χ0) is 18.5. The summed E-state index contributed by atoms with van der Waals surface area (Å²) >= 11 is 0. The van der Waals surface area contributed by atoms with Crippen LogP contribution < -0.4 is 9.47 Å². The van der Waals surface area contributed by atoms with Crippen molar-refractivity contribution in [3.63, 3.8) is 0 Å². The fraction of sp³-hybridized carbons (Fsp3) is 0.609. The highest BCUT2D eigenvalue weighted by atomic mass is 16.5. The molecule has 0 spiro atoms. The Hall–Kier alpha value is -1.81. The second-order valence-corrected chi connectivity index (χ2v) is 8.04. The van der Waals surface area contributed by atoms with Gasteiger partial charge in [-0.15, -0.1) is 0 Å². The number of carbonyl (C=O) groups excluding carboxylic acids is 1. The summed E-state index contributed by atoms with van der Waals surface area (Å²) in [5.41, 5.74) is 3.77. The van der Waals surface area contributed by atoms with Crippen LogP contribution in [0.5, 0.6) is 11.5 Å². The van der Waals surface area contributed by atoms with Crippen LogP contribution in [0.1, 0.15) is 69.8 Å². The van der Waals surface area contributed by atoms with Crippen molar-refractivity contribution in [2.75, 3.05) is 26.2 Å². The highest BCUT2D eigenvalue weighted by Gasteiger charge is 2.26. The number of rotatable bonds is 5. The lowest BCUT2D eigenvalue weighted by Gasteiger charge is -2.28. The fourth-order valence-electron chi connectivity index (χ4n) is 4.59. The number of benzene rings is 1. The molecule has 0 radical (unpaired) electrons. The van der Waals surface area contributed by atoms with Gasteiger partial charge in [0.1, 0.15) is 18.1 Å². The highest BCUT2D eigenvalue weighted by Crippen LogP contribution is 2.45. The first-order valence-electron chi connectivity index (χ1n) is 10.7. The van der Waals surface area contributed by atoms with Crippen LogP contribution in [0, 0.1) is 0 Å². The number of ether oxygens (including phenoxy) is 2. The summed E-state index contributed by atoms with van der Waals surface area (Å²) < 4.78 is 11.7. The molecule has 27 heavy (non-hydrogen) atoms. The minimum Gasteiger partial charge on any atom is -0.488 e. The van der Waals surface area contributed by atoms with Crippen LogP contribution in [-0.2, 0) is 4.79 Å². The van der Waals surface area contributed by atoms with Crippen LogP contribution in [0.3, 0.4) is 0 Å². The molecule has 1 fully saturated rings. The second-order valence-electron chi connectivity index (χ2n) is 8.04. The summed E-state index contributed by atoms with van der Waals surface area (Å²) in [5, 5.41) is 0. The summed E-state index contributed by atoms with van der Waals surface area (Å²) in [6, 6.07) is 5.83. The van der Waals surface area contributed by atoms with Gasteiger partial charge >= 0.3 is 5.97 Å². The molecular formula is C23H31NO3. The van der Waals surface area contributed by atoms with Gasteiger partial charge in [0.15, 0.2) is 0 Å². The largest absolute Gasteiger partial charge is 0.488 e. The first-order chi connectivity index (χ1) is 13.3. The number of carbonyl (C=O) groups is 1. The summed E-state index contributed by atoms with van der Waals surface area (Å²) in [4.78, 5) is 15.0. The lowest BCUT2D eigenvalue weighted by molar-refractivity contribution is -0.134. The maximum atomic E-state index is 12.5. The van der Waals surface area contributed by atoms with E-state index in [1.54, 1.807) is 0 Å². The molecule has 0 saturated carbocycles. The minimum atomic E-state index is -0.123. The SMILES string of the molecule is O=C(CCCN1CCCCCC1)Oc1cccc2c1C1=C(CCCC1)CO2. The Morgan fingerprint density at radius 1 is 1.04 bits per heavy atom. The van der Waals surface area contributed by atoms with E-state index in [1.165, 1.54) is 62.8 Å². The summed E-state index contributed by atoms with van der Waals surface area (Å²) in [6.45, 7) is 4.04. The van der Waals surface area contributed by atoms with Crippen molar-refractivity contribution in [3.05, 3.63) is 29.3 Å². The number of esters is 1. The Kier molecular flexibility index (Phi) is 6.13. The average molecular weight is 370 g/mol. The molecule has 1 aromatic carbocycles. The van der Waals surface area contributed by atoms with Crippen molar-refractivity contribution in [3.8, 4) is 11.5 Å². The van der Waals surface area contributed by atoms with Crippen LogP contribution in [-0.4, -0.2) is 37.1 Å². The van der Waals surface area contributed by atoms with Gasteiger partial charge in [-0.05, 0) is 87.9 Å². The smallest absolute Gasteiger partial charge is 0.311 e. The number of nitrogens with zero attached hydrogens (tertiary/aromatic N) is 1. The van der Waals surface area contributed by atoms with Gasteiger partial charge in [-0.1, -0.05) is 18.9 Å². The number of allylic oxidation sites excluding steroid dienone is 1. The van der Waals surface area contributed by atoms with Gasteiger partial charge in [0.2, 0.25) is 0 Å². The molecule has 0 N–H and O–H groups in total. The normalized spacial score (nSPS) is 20.3. The molecule has 0 unspecified atom stereocenters. The first-order valence-corrected chi connectivity index (χ1v) is 10.7. The topological polar surface area (TPSA) is 38.8 Å². The fourth-order valence-corrected chi connectivity index (χ4v) is 4.59. The number of hydrogen-bond acceptors (Lipinski definition) is 4. The molecule has 4 heteroatoms. The van der Waals surface area contributed by atoms with Gasteiger partial charge < -0.3 is 14.4 Å². The maximum Gasteiger partial charge on any atom is 0.311 e. The molecule has 2 aliphatic heterocycles. The molecule has 1 saturated heterocycles. The molecule has 0 atom stereocenters. The Morgan fingerprint density at radius 2 is 1.85 bits per heavy atom. The number of likely N-dealkylation sites (tertiary alicyclic amines) is 1. The molecule has 2 heterocycles. The molecule has 1 aromatic rings. The Labute approximate surface area is 162 Å². The van der Waals surface area contributed by atoms with Crippen LogP contribution >= 0.6 is 0 Å². The van der Waals surface area contributed by atoms with Crippen molar-refractivity contribution in [2.45, 2.75) is 64.2 Å². The standard InChI is InChI=1S/C23H31NO3/c25-22(13-8-16-24-14-5-1-2-6-15-24)27-21-12-7-11-20-23(21)19-10-4-3-9-18(19)17-26-20/h7,11-12H,1-6,8-10,13-17H2. The van der Waals surface area contributed by atoms with E-state index in [9.17, 15) is 4.79 Å². The van der Waals surface area contributed by atoms with Gasteiger partial charge in [-0.2, -0.15) is 0 Å². The van der Waals surface area contributed by atoms with Crippen molar-refractivity contribution in [1.82, 2.24) is 4.90 Å². The van der Waals surface area contributed by atoms with Crippen LogP contribution in [0.4, 0.5) is 0 Å². The third-order valence-corrected chi connectivity index (χ3v) is 6.05. The van der Waals surface area contributed by atoms with Crippen LogP contribution in [0.25, 0.3) is 5.57 Å². The minimum absolute atomic E-state index is 0.123. The number of hydrogen-bond donors (Lipinski definition) is 0. The molecule has 0 amide bonds. The van der Waals surface area contributed by atoms with E-state index < -0.39 is 0 Å². The van der Waals surface area contributed by atoms with E-state index in [1.807, 2.05) is 18.2 Å². The van der Waals surface area contributed by atoms with Crippen molar-refractivity contribution in [1.29, 1.82) is 0 Å². The third-order valence-electron chi connectivity index (χ3n) is 6.05. The second kappa shape index (κ2) is 8.92. The highest BCUT2D eigenvalue weighted by molar-refractivity contribution is 5.82. The summed E-state index contributed by atoms with van der Waals surface area (Å²) in [5.74, 6) is 1.42. The molecule has 4 rings (SSSR count). The van der Waals surface area contributed by atoms with Crippen molar-refractivity contribution < 1.29 is 14.3 Å². The third kappa shape index (κ3) is 4.55. The van der Waals surface area contributed by atoms with Crippen molar-refractivity contribution >= 4 is 11.5 Å². The lowest BCUT2D eigenvalue weighted by Crippen LogP contribution is -2.26. The van der Waals surface area contributed by atoms with Gasteiger partial charge in [0.05, 0.1) is 5.56 Å². The Morgan fingerprint density at radius 3 is 2.70 bits per heavy atom. The van der Waals surface area contributed by atoms with Gasteiger partial charge in [-0.3, -0.25) is 4.79 Å². The Balaban J connectivity index is 1.37. The molecule has 146 valence electrons. The van der Waals surface area contributed by atoms with Crippen molar-refractivity contribution in [2.24, 2.45) is 0 Å². The zero-order valence-electron chi connectivity index (χ0n) is 16.3. The lowest BCUT2D eigenvalue weighted by atomic mass is 9.85. The van der Waals surface area contributed by atoms with E-state index in [0.29, 0.717) is 18.8 Å². The molecule has 3 aliphatic rings. The summed E-state index contributed by atoms with van der Waals surface area (Å²) in [6.07, 6.45) is 11.2. The van der Waals surface area contributed by atoms with Gasteiger partial charge in [0.25, 0.3) is 0 Å². The molecule has 0 bridgehead atoms. The predicted octanol–water partition coefficient (Wildman–Crippen LogP) is 4.97.